The van der Waals surface area contributed by atoms with Crippen LogP contribution < -0.4 is 10.2 Å². The average molecular weight is 476 g/mol. The highest BCUT2D eigenvalue weighted by Gasteiger charge is 2.33. The topological polar surface area (TPSA) is 106 Å². The van der Waals surface area contributed by atoms with Gasteiger partial charge in [-0.25, -0.2) is 0 Å². The van der Waals surface area contributed by atoms with Crippen molar-refractivity contribution in [1.82, 2.24) is 4.90 Å². The molecule has 2 aliphatic heterocycles. The first-order valence-electron chi connectivity index (χ1n) is 11.2. The van der Waals surface area contributed by atoms with Gasteiger partial charge in [0, 0.05) is 43.5 Å². The third-order valence-corrected chi connectivity index (χ3v) is 7.02. The SMILES string of the molecule is CN(C(=O)c1ccc(NC(=O)CC2SC(N3CCCCC3)=NC2=O)cc1)c1cccc(C#N)c1. The van der Waals surface area contributed by atoms with Gasteiger partial charge in [-0.1, -0.05) is 17.8 Å². The zero-order chi connectivity index (χ0) is 24.1. The molecule has 0 aromatic heterocycles. The van der Waals surface area contributed by atoms with Gasteiger partial charge in [-0.2, -0.15) is 10.3 Å². The van der Waals surface area contributed by atoms with E-state index in [-0.39, 0.29) is 24.1 Å². The summed E-state index contributed by atoms with van der Waals surface area (Å²) >= 11 is 1.37. The number of nitrogens with zero attached hydrogens (tertiary/aromatic N) is 4. The van der Waals surface area contributed by atoms with E-state index in [4.69, 9.17) is 5.26 Å². The van der Waals surface area contributed by atoms with Gasteiger partial charge in [0.15, 0.2) is 5.17 Å². The van der Waals surface area contributed by atoms with Crippen molar-refractivity contribution in [3.8, 4) is 6.07 Å². The van der Waals surface area contributed by atoms with Crippen molar-refractivity contribution in [3.05, 3.63) is 59.7 Å². The van der Waals surface area contributed by atoms with E-state index in [1.54, 1.807) is 55.6 Å². The molecule has 9 heteroatoms. The molecule has 1 atom stereocenters. The highest BCUT2D eigenvalue weighted by Crippen LogP contribution is 2.29. The van der Waals surface area contributed by atoms with Gasteiger partial charge in [-0.3, -0.25) is 14.4 Å². The maximum atomic E-state index is 12.8. The molecule has 1 saturated heterocycles. The van der Waals surface area contributed by atoms with Crippen LogP contribution in [0.1, 0.15) is 41.6 Å². The summed E-state index contributed by atoms with van der Waals surface area (Å²) in [5.41, 5.74) is 2.08. The third-order valence-electron chi connectivity index (χ3n) is 5.81. The molecule has 8 nitrogen and oxygen atoms in total. The number of carbonyl (C=O) groups is 3. The maximum Gasteiger partial charge on any atom is 0.262 e. The van der Waals surface area contributed by atoms with Crippen LogP contribution >= 0.6 is 11.8 Å². The highest BCUT2D eigenvalue weighted by atomic mass is 32.2. The predicted molar refractivity (Wildman–Crippen MR) is 133 cm³/mol. The van der Waals surface area contributed by atoms with Gasteiger partial charge < -0.3 is 15.1 Å². The number of anilines is 2. The number of thioether (sulfide) groups is 1. The number of carbonyl (C=O) groups excluding carboxylic acids is 3. The van der Waals surface area contributed by atoms with Crippen molar-refractivity contribution < 1.29 is 14.4 Å². The fourth-order valence-corrected chi connectivity index (χ4v) is 5.02. The van der Waals surface area contributed by atoms with Gasteiger partial charge in [-0.05, 0) is 61.7 Å². The van der Waals surface area contributed by atoms with Gasteiger partial charge in [0.1, 0.15) is 5.25 Å². The lowest BCUT2D eigenvalue weighted by Gasteiger charge is -2.27. The zero-order valence-corrected chi connectivity index (χ0v) is 19.7. The Bertz CT molecular complexity index is 1170. The Kier molecular flexibility index (Phi) is 7.28. The van der Waals surface area contributed by atoms with Crippen molar-refractivity contribution in [1.29, 1.82) is 5.26 Å². The maximum absolute atomic E-state index is 12.8. The second kappa shape index (κ2) is 10.5. The number of aliphatic imine (C=N–C) groups is 1. The first-order valence-corrected chi connectivity index (χ1v) is 12.0. The molecular weight excluding hydrogens is 450 g/mol. The van der Waals surface area contributed by atoms with Crippen LogP contribution in [0, 0.1) is 11.3 Å². The van der Waals surface area contributed by atoms with Crippen LogP contribution in [-0.4, -0.2) is 53.2 Å². The second-order valence-corrected chi connectivity index (χ2v) is 9.41. The Morgan fingerprint density at radius 1 is 1.18 bits per heavy atom. The molecule has 1 fully saturated rings. The number of hydrogen-bond donors (Lipinski definition) is 1. The van der Waals surface area contributed by atoms with Gasteiger partial charge in [0.05, 0.1) is 11.6 Å². The van der Waals surface area contributed by atoms with Crippen LogP contribution in [0.15, 0.2) is 53.5 Å². The lowest BCUT2D eigenvalue weighted by atomic mass is 10.1. The number of likely N-dealkylation sites (tertiary alicyclic amines) is 1. The molecule has 174 valence electrons. The van der Waals surface area contributed by atoms with Crippen molar-refractivity contribution in [2.75, 3.05) is 30.4 Å². The highest BCUT2D eigenvalue weighted by molar-refractivity contribution is 8.15. The predicted octanol–water partition coefficient (Wildman–Crippen LogP) is 3.65. The summed E-state index contributed by atoms with van der Waals surface area (Å²) in [6.07, 6.45) is 3.44. The smallest absolute Gasteiger partial charge is 0.262 e. The Hall–Kier alpha value is -3.64. The van der Waals surface area contributed by atoms with Crippen LogP contribution in [0.25, 0.3) is 0 Å². The molecule has 0 radical (unpaired) electrons. The number of nitriles is 1. The normalized spacial score (nSPS) is 17.6. The van der Waals surface area contributed by atoms with E-state index in [0.717, 1.165) is 31.1 Å². The Labute approximate surface area is 202 Å². The fourth-order valence-electron chi connectivity index (χ4n) is 3.90. The van der Waals surface area contributed by atoms with Gasteiger partial charge in [0.2, 0.25) is 5.91 Å². The number of rotatable bonds is 5. The molecular formula is C25H25N5O3S. The molecule has 2 heterocycles. The summed E-state index contributed by atoms with van der Waals surface area (Å²) in [4.78, 5) is 45.4. The minimum atomic E-state index is -0.504. The summed E-state index contributed by atoms with van der Waals surface area (Å²) in [6, 6.07) is 15.5. The molecule has 0 bridgehead atoms. The first kappa shape index (κ1) is 23.5. The van der Waals surface area contributed by atoms with Crippen LogP contribution in [-0.2, 0) is 9.59 Å². The number of benzene rings is 2. The molecule has 0 spiro atoms. The van der Waals surface area contributed by atoms with Crippen molar-refractivity contribution in [2.45, 2.75) is 30.9 Å². The molecule has 34 heavy (non-hydrogen) atoms. The minimum absolute atomic E-state index is 0.0446. The van der Waals surface area contributed by atoms with E-state index in [1.165, 1.54) is 23.1 Å². The van der Waals surface area contributed by atoms with Gasteiger partial charge in [0.25, 0.3) is 11.8 Å². The lowest BCUT2D eigenvalue weighted by molar-refractivity contribution is -0.121. The molecule has 0 saturated carbocycles. The van der Waals surface area contributed by atoms with Crippen LogP contribution in [0.4, 0.5) is 11.4 Å². The molecule has 1 unspecified atom stereocenters. The van der Waals surface area contributed by atoms with Crippen LogP contribution in [0.5, 0.6) is 0 Å². The average Bonchev–Trinajstić information content (AvgIpc) is 3.24. The van der Waals surface area contributed by atoms with Crippen LogP contribution in [0.3, 0.4) is 0 Å². The fraction of sp³-hybridized carbons (Fsp3) is 0.320. The first-order chi connectivity index (χ1) is 16.4. The van der Waals surface area contributed by atoms with Crippen molar-refractivity contribution in [2.24, 2.45) is 4.99 Å². The lowest BCUT2D eigenvalue weighted by Crippen LogP contribution is -2.33. The van der Waals surface area contributed by atoms with Gasteiger partial charge in [-0.15, -0.1) is 0 Å². The molecule has 4 rings (SSSR count). The third kappa shape index (κ3) is 5.46. The summed E-state index contributed by atoms with van der Waals surface area (Å²) in [5.74, 6) is -0.765. The summed E-state index contributed by atoms with van der Waals surface area (Å²) in [5, 5.41) is 12.1. The molecule has 1 N–H and O–H groups in total. The number of hydrogen-bond acceptors (Lipinski definition) is 6. The van der Waals surface area contributed by atoms with Gasteiger partial charge >= 0.3 is 0 Å². The number of amidine groups is 1. The molecule has 2 aromatic rings. The summed E-state index contributed by atoms with van der Waals surface area (Å²) in [7, 11) is 1.64. The summed E-state index contributed by atoms with van der Waals surface area (Å²) < 4.78 is 0. The molecule has 0 aliphatic carbocycles. The zero-order valence-electron chi connectivity index (χ0n) is 18.9. The molecule has 2 aromatic carbocycles. The number of nitrogens with one attached hydrogen (secondary N) is 1. The molecule has 2 aliphatic rings. The van der Waals surface area contributed by atoms with Crippen molar-refractivity contribution in [3.63, 3.8) is 0 Å². The van der Waals surface area contributed by atoms with Crippen LogP contribution in [0.2, 0.25) is 0 Å². The van der Waals surface area contributed by atoms with Crippen molar-refractivity contribution >= 4 is 46.0 Å². The van der Waals surface area contributed by atoms with E-state index >= 15 is 0 Å². The van der Waals surface area contributed by atoms with E-state index < -0.39 is 5.25 Å². The monoisotopic (exact) mass is 475 g/mol. The Balaban J connectivity index is 1.32. The Morgan fingerprint density at radius 3 is 2.62 bits per heavy atom. The van der Waals surface area contributed by atoms with E-state index in [0.29, 0.717) is 22.5 Å². The van der Waals surface area contributed by atoms with E-state index in [2.05, 4.69) is 21.3 Å². The minimum Gasteiger partial charge on any atom is -0.351 e. The largest absolute Gasteiger partial charge is 0.351 e. The van der Waals surface area contributed by atoms with E-state index in [9.17, 15) is 14.4 Å². The second-order valence-electron chi connectivity index (χ2n) is 8.24. The van der Waals surface area contributed by atoms with E-state index in [1.807, 2.05) is 0 Å². The Morgan fingerprint density at radius 2 is 1.91 bits per heavy atom. The quantitative estimate of drug-likeness (QED) is 0.708. The molecule has 3 amide bonds. The number of amides is 3. The summed E-state index contributed by atoms with van der Waals surface area (Å²) in [6.45, 7) is 1.81. The number of piperidine rings is 1. The standard InChI is InChI=1S/C25H25N5O3S/c1-29(20-7-5-6-17(14-20)16-26)24(33)18-8-10-19(11-9-18)27-22(31)15-21-23(32)28-25(34-21)30-12-3-2-4-13-30/h5-11,14,21H,2-4,12-13,15H2,1H3,(H,27,31).